The van der Waals surface area contributed by atoms with Crippen LogP contribution in [0.4, 0.5) is 0 Å². The van der Waals surface area contributed by atoms with Crippen LogP contribution in [0.5, 0.6) is 0 Å². The van der Waals surface area contributed by atoms with E-state index in [4.69, 9.17) is 15.7 Å². The number of nitrogens with zero attached hydrogens (tertiary/aromatic N) is 2. The van der Waals surface area contributed by atoms with Gasteiger partial charge in [0.15, 0.2) is 0 Å². The van der Waals surface area contributed by atoms with Gasteiger partial charge in [0.2, 0.25) is 5.91 Å². The van der Waals surface area contributed by atoms with Gasteiger partial charge in [-0.1, -0.05) is 12.1 Å². The largest absolute Gasteiger partial charge is 0.409 e. The zero-order valence-corrected chi connectivity index (χ0v) is 11.5. The lowest BCUT2D eigenvalue weighted by Crippen LogP contribution is -2.40. The summed E-state index contributed by atoms with van der Waals surface area (Å²) in [5.74, 6) is 0.285. The third-order valence-corrected chi connectivity index (χ3v) is 3.74. The van der Waals surface area contributed by atoms with Crippen LogP contribution in [0.3, 0.4) is 0 Å². The Kier molecular flexibility index (Phi) is 4.95. The summed E-state index contributed by atoms with van der Waals surface area (Å²) in [5.41, 5.74) is 5.39. The highest BCUT2D eigenvalue weighted by Crippen LogP contribution is 2.33. The molecule has 0 bridgehead atoms. The Bertz CT molecular complexity index is 333. The molecule has 1 rings (SSSR count). The van der Waals surface area contributed by atoms with Crippen molar-refractivity contribution >= 4 is 11.7 Å². The van der Waals surface area contributed by atoms with Gasteiger partial charge in [0.25, 0.3) is 0 Å². The minimum Gasteiger partial charge on any atom is -0.409 e. The Hall–Kier alpha value is -1.30. The third kappa shape index (κ3) is 3.13. The first-order chi connectivity index (χ1) is 8.38. The molecule has 0 spiro atoms. The number of hydrogen-bond acceptors (Lipinski definition) is 4. The lowest BCUT2D eigenvalue weighted by atomic mass is 9.88. The van der Waals surface area contributed by atoms with Crippen LogP contribution in [0, 0.1) is 11.8 Å². The second-order valence-electron chi connectivity index (χ2n) is 5.03. The molecule has 0 saturated carbocycles. The summed E-state index contributed by atoms with van der Waals surface area (Å²) in [6, 6.07) is 0. The van der Waals surface area contributed by atoms with Crippen molar-refractivity contribution in [3.63, 3.8) is 0 Å². The van der Waals surface area contributed by atoms with Crippen LogP contribution in [0.1, 0.15) is 27.2 Å². The molecule has 6 heteroatoms. The quantitative estimate of drug-likeness (QED) is 0.335. The SMILES string of the molecule is CC1OC(C)C(C(=O)N(C)CCC(N)=NO)C1C. The molecule has 1 amide bonds. The summed E-state index contributed by atoms with van der Waals surface area (Å²) in [7, 11) is 1.73. The second-order valence-corrected chi connectivity index (χ2v) is 5.03. The summed E-state index contributed by atoms with van der Waals surface area (Å²) < 4.78 is 5.67. The smallest absolute Gasteiger partial charge is 0.228 e. The van der Waals surface area contributed by atoms with Gasteiger partial charge in [-0.3, -0.25) is 4.79 Å². The molecule has 1 aliphatic rings. The summed E-state index contributed by atoms with van der Waals surface area (Å²) in [4.78, 5) is 13.9. The van der Waals surface area contributed by atoms with Crippen LogP contribution < -0.4 is 5.73 Å². The molecule has 4 unspecified atom stereocenters. The van der Waals surface area contributed by atoms with Crippen molar-refractivity contribution < 1.29 is 14.7 Å². The van der Waals surface area contributed by atoms with Gasteiger partial charge in [0, 0.05) is 20.0 Å². The van der Waals surface area contributed by atoms with Crippen LogP contribution >= 0.6 is 0 Å². The van der Waals surface area contributed by atoms with Crippen LogP contribution in [0.15, 0.2) is 5.16 Å². The van der Waals surface area contributed by atoms with E-state index in [0.29, 0.717) is 13.0 Å². The number of amidine groups is 1. The van der Waals surface area contributed by atoms with Crippen molar-refractivity contribution in [2.45, 2.75) is 39.4 Å². The highest BCUT2D eigenvalue weighted by molar-refractivity contribution is 5.82. The molecule has 4 atom stereocenters. The summed E-state index contributed by atoms with van der Waals surface area (Å²) in [6.07, 6.45) is 0.408. The van der Waals surface area contributed by atoms with Gasteiger partial charge in [0.1, 0.15) is 5.84 Å². The maximum Gasteiger partial charge on any atom is 0.228 e. The molecule has 1 heterocycles. The number of rotatable bonds is 4. The molecular weight excluding hydrogens is 234 g/mol. The highest BCUT2D eigenvalue weighted by Gasteiger charge is 2.42. The van der Waals surface area contributed by atoms with Gasteiger partial charge in [-0.05, 0) is 19.8 Å². The van der Waals surface area contributed by atoms with E-state index >= 15 is 0 Å². The molecule has 1 fully saturated rings. The van der Waals surface area contributed by atoms with Gasteiger partial charge in [-0.25, -0.2) is 0 Å². The summed E-state index contributed by atoms with van der Waals surface area (Å²) >= 11 is 0. The molecule has 18 heavy (non-hydrogen) atoms. The fourth-order valence-electron chi connectivity index (χ4n) is 2.39. The average molecular weight is 257 g/mol. The fourth-order valence-corrected chi connectivity index (χ4v) is 2.39. The number of ether oxygens (including phenoxy) is 1. The third-order valence-electron chi connectivity index (χ3n) is 3.74. The van der Waals surface area contributed by atoms with Crippen molar-refractivity contribution in [3.8, 4) is 0 Å². The Morgan fingerprint density at radius 1 is 1.39 bits per heavy atom. The van der Waals surface area contributed by atoms with Crippen molar-refractivity contribution in [2.75, 3.05) is 13.6 Å². The second kappa shape index (κ2) is 6.04. The van der Waals surface area contributed by atoms with E-state index in [9.17, 15) is 4.79 Å². The molecule has 0 aromatic rings. The van der Waals surface area contributed by atoms with Crippen molar-refractivity contribution in [1.82, 2.24) is 4.90 Å². The lowest BCUT2D eigenvalue weighted by Gasteiger charge is -2.24. The number of nitrogens with two attached hydrogens (primary N) is 1. The number of oxime groups is 1. The Morgan fingerprint density at radius 3 is 2.44 bits per heavy atom. The summed E-state index contributed by atoms with van der Waals surface area (Å²) in [5, 5.41) is 11.3. The van der Waals surface area contributed by atoms with Crippen LogP contribution in [0.2, 0.25) is 0 Å². The van der Waals surface area contributed by atoms with E-state index in [1.165, 1.54) is 0 Å². The van der Waals surface area contributed by atoms with Gasteiger partial charge in [0.05, 0.1) is 18.1 Å². The van der Waals surface area contributed by atoms with Gasteiger partial charge in [-0.2, -0.15) is 0 Å². The van der Waals surface area contributed by atoms with Crippen LogP contribution in [0.25, 0.3) is 0 Å². The minimum absolute atomic E-state index is 0.0603. The molecule has 0 aromatic heterocycles. The molecular formula is C12H23N3O3. The van der Waals surface area contributed by atoms with Crippen LogP contribution in [-0.4, -0.2) is 47.7 Å². The van der Waals surface area contributed by atoms with E-state index in [-0.39, 0.29) is 35.8 Å². The normalized spacial score (nSPS) is 32.6. The van der Waals surface area contributed by atoms with Gasteiger partial charge in [-0.15, -0.1) is 0 Å². The number of hydrogen-bond donors (Lipinski definition) is 2. The highest BCUT2D eigenvalue weighted by atomic mass is 16.5. The molecule has 1 saturated heterocycles. The van der Waals surface area contributed by atoms with Crippen molar-refractivity contribution in [2.24, 2.45) is 22.7 Å². The maximum atomic E-state index is 12.3. The molecule has 0 radical (unpaired) electrons. The number of amides is 1. The Balaban J connectivity index is 2.58. The average Bonchev–Trinajstić information content (AvgIpc) is 2.59. The predicted octanol–water partition coefficient (Wildman–Crippen LogP) is 0.641. The zero-order chi connectivity index (χ0) is 13.9. The number of carbonyl (C=O) groups is 1. The monoisotopic (exact) mass is 257 g/mol. The summed E-state index contributed by atoms with van der Waals surface area (Å²) in [6.45, 7) is 6.40. The van der Waals surface area contributed by atoms with Gasteiger partial charge >= 0.3 is 0 Å². The van der Waals surface area contributed by atoms with Gasteiger partial charge < -0.3 is 20.6 Å². The molecule has 0 aliphatic carbocycles. The first-order valence-corrected chi connectivity index (χ1v) is 6.25. The van der Waals surface area contributed by atoms with Crippen molar-refractivity contribution in [1.29, 1.82) is 0 Å². The standard InChI is InChI=1S/C12H23N3O3/c1-7-8(2)18-9(3)11(7)12(16)15(4)6-5-10(13)14-17/h7-9,11,17H,5-6H2,1-4H3,(H2,13,14). The Morgan fingerprint density at radius 2 is 2.00 bits per heavy atom. The fraction of sp³-hybridized carbons (Fsp3) is 0.833. The zero-order valence-electron chi connectivity index (χ0n) is 11.5. The van der Waals surface area contributed by atoms with E-state index in [1.54, 1.807) is 11.9 Å². The molecule has 104 valence electrons. The minimum atomic E-state index is -0.114. The Labute approximate surface area is 108 Å². The van der Waals surface area contributed by atoms with E-state index in [1.807, 2.05) is 20.8 Å². The van der Waals surface area contributed by atoms with Crippen molar-refractivity contribution in [3.05, 3.63) is 0 Å². The van der Waals surface area contributed by atoms with E-state index in [0.717, 1.165) is 0 Å². The first-order valence-electron chi connectivity index (χ1n) is 6.25. The van der Waals surface area contributed by atoms with E-state index < -0.39 is 0 Å². The molecule has 3 N–H and O–H groups in total. The topological polar surface area (TPSA) is 88.2 Å². The maximum absolute atomic E-state index is 12.3. The first kappa shape index (κ1) is 14.8. The number of carbonyl (C=O) groups excluding carboxylic acids is 1. The van der Waals surface area contributed by atoms with Crippen LogP contribution in [-0.2, 0) is 9.53 Å². The molecule has 0 aromatic carbocycles. The molecule has 6 nitrogen and oxygen atoms in total. The lowest BCUT2D eigenvalue weighted by molar-refractivity contribution is -0.136. The predicted molar refractivity (Wildman–Crippen MR) is 68.3 cm³/mol. The molecule has 1 aliphatic heterocycles. The van der Waals surface area contributed by atoms with E-state index in [2.05, 4.69) is 5.16 Å².